The fourth-order valence-corrected chi connectivity index (χ4v) is 2.16. The lowest BCUT2D eigenvalue weighted by Gasteiger charge is -2.12. The zero-order valence-electron chi connectivity index (χ0n) is 9.17. The Bertz CT molecular complexity index is 291. The monoisotopic (exact) mass is 194 g/mol. The highest BCUT2D eigenvalue weighted by molar-refractivity contribution is 5.42. The minimum atomic E-state index is -0.00132. The van der Waals surface area contributed by atoms with E-state index in [1.807, 2.05) is 13.8 Å². The maximum absolute atomic E-state index is 5.58. The molecule has 2 fully saturated rings. The third-order valence-corrected chi connectivity index (χ3v) is 3.05. The summed E-state index contributed by atoms with van der Waals surface area (Å²) in [5.41, 5.74) is 1.40. The van der Waals surface area contributed by atoms with Crippen LogP contribution in [0.3, 0.4) is 0 Å². The van der Waals surface area contributed by atoms with Crippen LogP contribution in [0, 0.1) is 5.92 Å². The van der Waals surface area contributed by atoms with Gasteiger partial charge in [-0.1, -0.05) is 26.8 Å². The maximum Gasteiger partial charge on any atom is 0.189 e. The van der Waals surface area contributed by atoms with Crippen LogP contribution < -0.4 is 0 Å². The van der Waals surface area contributed by atoms with Crippen molar-refractivity contribution in [1.29, 1.82) is 0 Å². The van der Waals surface area contributed by atoms with E-state index >= 15 is 0 Å². The van der Waals surface area contributed by atoms with Gasteiger partial charge >= 0.3 is 0 Å². The second-order valence-electron chi connectivity index (χ2n) is 3.71. The Morgan fingerprint density at radius 1 is 1.50 bits per heavy atom. The van der Waals surface area contributed by atoms with Gasteiger partial charge in [-0.15, -0.1) is 0 Å². The number of hydrogen-bond acceptors (Lipinski definition) is 2. The standard InChI is InChI=1S/C10H12O2.C2H6/c1-2-7-3-8-5-10(8)9(4-7)11-6-12-10;1-2/h3-4,8H,2,5-6H2,1H3;1-2H3. The molecule has 0 radical (unpaired) electrons. The molecule has 2 atom stereocenters. The SMILES string of the molecule is CC.CCC1=CC2CC23OCOC3=C1. The Hall–Kier alpha value is -0.760. The molecule has 1 spiro atoms. The van der Waals surface area contributed by atoms with Crippen LogP contribution in [0.1, 0.15) is 33.6 Å². The van der Waals surface area contributed by atoms with E-state index in [1.165, 1.54) is 5.57 Å². The largest absolute Gasteiger partial charge is 0.469 e. The topological polar surface area (TPSA) is 18.5 Å². The first-order valence-corrected chi connectivity index (χ1v) is 5.55. The minimum Gasteiger partial charge on any atom is -0.469 e. The zero-order chi connectivity index (χ0) is 10.2. The summed E-state index contributed by atoms with van der Waals surface area (Å²) >= 11 is 0. The second-order valence-corrected chi connectivity index (χ2v) is 3.71. The lowest BCUT2D eigenvalue weighted by Crippen LogP contribution is -2.14. The highest BCUT2D eigenvalue weighted by Gasteiger charge is 2.62. The Labute approximate surface area is 85.6 Å². The lowest BCUT2D eigenvalue weighted by molar-refractivity contribution is 0.0363. The lowest BCUT2D eigenvalue weighted by atomic mass is 10.0. The summed E-state index contributed by atoms with van der Waals surface area (Å²) in [7, 11) is 0. The van der Waals surface area contributed by atoms with Gasteiger partial charge in [0.2, 0.25) is 0 Å². The van der Waals surface area contributed by atoms with Gasteiger partial charge in [-0.3, -0.25) is 0 Å². The van der Waals surface area contributed by atoms with Crippen molar-refractivity contribution in [3.63, 3.8) is 0 Å². The van der Waals surface area contributed by atoms with Crippen molar-refractivity contribution in [2.75, 3.05) is 6.79 Å². The molecule has 0 amide bonds. The van der Waals surface area contributed by atoms with Gasteiger partial charge in [0, 0.05) is 5.92 Å². The van der Waals surface area contributed by atoms with Gasteiger partial charge < -0.3 is 9.47 Å². The second kappa shape index (κ2) is 3.43. The van der Waals surface area contributed by atoms with Gasteiger partial charge in [0.05, 0.1) is 0 Å². The molecule has 78 valence electrons. The summed E-state index contributed by atoms with van der Waals surface area (Å²) < 4.78 is 11.0. The van der Waals surface area contributed by atoms with Crippen molar-refractivity contribution in [3.05, 3.63) is 23.5 Å². The molecule has 0 aromatic carbocycles. The molecule has 2 unspecified atom stereocenters. The van der Waals surface area contributed by atoms with Crippen LogP contribution in [0.5, 0.6) is 0 Å². The van der Waals surface area contributed by atoms with E-state index in [1.54, 1.807) is 0 Å². The quantitative estimate of drug-likeness (QED) is 0.639. The highest BCUT2D eigenvalue weighted by atomic mass is 16.7. The van der Waals surface area contributed by atoms with E-state index < -0.39 is 0 Å². The number of ether oxygens (including phenoxy) is 2. The van der Waals surface area contributed by atoms with Gasteiger partial charge in [-0.2, -0.15) is 0 Å². The van der Waals surface area contributed by atoms with Gasteiger partial charge in [0.15, 0.2) is 6.79 Å². The summed E-state index contributed by atoms with van der Waals surface area (Å²) in [6, 6.07) is 0. The molecular weight excluding hydrogens is 176 g/mol. The first-order chi connectivity index (χ1) is 6.85. The van der Waals surface area contributed by atoms with Crippen LogP contribution in [0.4, 0.5) is 0 Å². The predicted octanol–water partition coefficient (Wildman–Crippen LogP) is 3.01. The Kier molecular flexibility index (Phi) is 2.40. The third-order valence-electron chi connectivity index (χ3n) is 3.05. The van der Waals surface area contributed by atoms with E-state index in [4.69, 9.17) is 9.47 Å². The fourth-order valence-electron chi connectivity index (χ4n) is 2.16. The van der Waals surface area contributed by atoms with E-state index in [9.17, 15) is 0 Å². The molecule has 0 bridgehead atoms. The maximum atomic E-state index is 5.58. The molecular formula is C12H18O2. The third kappa shape index (κ3) is 1.21. The van der Waals surface area contributed by atoms with Gasteiger partial charge in [0.25, 0.3) is 0 Å². The van der Waals surface area contributed by atoms with Crippen molar-refractivity contribution in [1.82, 2.24) is 0 Å². The van der Waals surface area contributed by atoms with Crippen molar-refractivity contribution < 1.29 is 9.47 Å². The van der Waals surface area contributed by atoms with Gasteiger partial charge in [-0.05, 0) is 24.5 Å². The van der Waals surface area contributed by atoms with E-state index in [0.29, 0.717) is 12.7 Å². The van der Waals surface area contributed by atoms with Crippen LogP contribution in [-0.4, -0.2) is 12.4 Å². The van der Waals surface area contributed by atoms with Crippen molar-refractivity contribution in [3.8, 4) is 0 Å². The minimum absolute atomic E-state index is 0.00132. The number of rotatable bonds is 1. The summed E-state index contributed by atoms with van der Waals surface area (Å²) in [6.07, 6.45) is 6.70. The summed E-state index contributed by atoms with van der Waals surface area (Å²) in [5, 5.41) is 0. The molecule has 1 aliphatic heterocycles. The summed E-state index contributed by atoms with van der Waals surface area (Å²) in [6.45, 7) is 6.63. The molecule has 14 heavy (non-hydrogen) atoms. The highest BCUT2D eigenvalue weighted by Crippen LogP contribution is 2.58. The predicted molar refractivity (Wildman–Crippen MR) is 55.7 cm³/mol. The average Bonchev–Trinajstić information content (AvgIpc) is 2.81. The van der Waals surface area contributed by atoms with Crippen molar-refractivity contribution >= 4 is 0 Å². The van der Waals surface area contributed by atoms with Gasteiger partial charge in [0.1, 0.15) is 11.4 Å². The van der Waals surface area contributed by atoms with Crippen LogP contribution in [-0.2, 0) is 9.47 Å². The van der Waals surface area contributed by atoms with E-state index in [0.717, 1.165) is 18.6 Å². The molecule has 0 aromatic rings. The molecule has 1 heterocycles. The smallest absolute Gasteiger partial charge is 0.189 e. The normalized spacial score (nSPS) is 36.6. The molecule has 0 N–H and O–H groups in total. The van der Waals surface area contributed by atoms with Crippen LogP contribution >= 0.6 is 0 Å². The molecule has 3 aliphatic rings. The van der Waals surface area contributed by atoms with Crippen LogP contribution in [0.25, 0.3) is 0 Å². The molecule has 0 aromatic heterocycles. The summed E-state index contributed by atoms with van der Waals surface area (Å²) in [5.74, 6) is 1.68. The van der Waals surface area contributed by atoms with Crippen LogP contribution in [0.15, 0.2) is 23.5 Å². The average molecular weight is 194 g/mol. The first kappa shape index (κ1) is 9.78. The van der Waals surface area contributed by atoms with Crippen molar-refractivity contribution in [2.24, 2.45) is 5.92 Å². The first-order valence-electron chi connectivity index (χ1n) is 5.55. The molecule has 3 rings (SSSR count). The fraction of sp³-hybridized carbons (Fsp3) is 0.667. The molecule has 1 saturated heterocycles. The van der Waals surface area contributed by atoms with Crippen LogP contribution in [0.2, 0.25) is 0 Å². The Balaban J connectivity index is 0.000000354. The molecule has 1 saturated carbocycles. The summed E-state index contributed by atoms with van der Waals surface area (Å²) in [4.78, 5) is 0. The zero-order valence-corrected chi connectivity index (χ0v) is 9.17. The Morgan fingerprint density at radius 3 is 3.00 bits per heavy atom. The van der Waals surface area contributed by atoms with E-state index in [-0.39, 0.29) is 5.60 Å². The van der Waals surface area contributed by atoms with E-state index in [2.05, 4.69) is 19.1 Å². The van der Waals surface area contributed by atoms with Gasteiger partial charge in [-0.25, -0.2) is 0 Å². The number of allylic oxidation sites excluding steroid dienone is 2. The Morgan fingerprint density at radius 2 is 2.29 bits per heavy atom. The van der Waals surface area contributed by atoms with Crippen molar-refractivity contribution in [2.45, 2.75) is 39.2 Å². The molecule has 2 aliphatic carbocycles. The number of hydrogen-bond donors (Lipinski definition) is 0. The molecule has 2 heteroatoms. The molecule has 2 nitrogen and oxygen atoms in total.